The number of phosphoric acid groups is 1. The molecule has 0 bridgehead atoms. The maximum absolute atomic E-state index is 13.4. The number of phenols is 1. The molecule has 0 radical (unpaired) electrons. The highest BCUT2D eigenvalue weighted by Gasteiger charge is 2.52. The molecule has 36 heavy (non-hydrogen) atoms. The molecule has 0 aromatic heterocycles. The summed E-state index contributed by atoms with van der Waals surface area (Å²) in [7, 11) is -3.08. The van der Waals surface area contributed by atoms with Gasteiger partial charge in [0.05, 0.1) is 13.2 Å². The third kappa shape index (κ3) is 6.67. The highest BCUT2D eigenvalue weighted by molar-refractivity contribution is 7.47. The van der Waals surface area contributed by atoms with E-state index in [1.54, 1.807) is 12.1 Å². The van der Waals surface area contributed by atoms with Crippen molar-refractivity contribution in [3.8, 4) is 11.5 Å². The smallest absolute Gasteiger partial charge is 0.473 e. The second-order valence-corrected chi connectivity index (χ2v) is 11.3. The summed E-state index contributed by atoms with van der Waals surface area (Å²) >= 11 is 0. The number of carbonyl (C=O) groups excluding carboxylic acids is 1. The number of ether oxygens (including phenoxy) is 2. The van der Waals surface area contributed by atoms with Gasteiger partial charge in [-0.05, 0) is 76.0 Å². The molecule has 3 rings (SSSR count). The summed E-state index contributed by atoms with van der Waals surface area (Å²) in [6, 6.07) is 3.51. The molecule has 2 aliphatic carbocycles. The molecule has 9 heteroatoms. The lowest BCUT2D eigenvalue weighted by atomic mass is 9.73. The maximum atomic E-state index is 13.4. The highest BCUT2D eigenvalue weighted by Crippen LogP contribution is 2.54. The zero-order valence-corrected chi connectivity index (χ0v) is 22.6. The Kier molecular flexibility index (Phi) is 9.58. The van der Waals surface area contributed by atoms with Crippen molar-refractivity contribution in [2.24, 2.45) is 5.92 Å². The molecular weight excluding hydrogens is 483 g/mol. The first-order valence-corrected chi connectivity index (χ1v) is 14.1. The number of hydrogen-bond donors (Lipinski definition) is 2. The Balaban J connectivity index is 1.96. The minimum Gasteiger partial charge on any atom is -0.507 e. The molecule has 2 aliphatic rings. The summed E-state index contributed by atoms with van der Waals surface area (Å²) in [5, 5.41) is 11.1. The number of aryl methyl sites for hydroxylation is 1. The van der Waals surface area contributed by atoms with E-state index in [0.29, 0.717) is 18.4 Å². The molecule has 0 saturated heterocycles. The van der Waals surface area contributed by atoms with Gasteiger partial charge in [-0.2, -0.15) is 0 Å². The average Bonchev–Trinajstić information content (AvgIpc) is 2.76. The van der Waals surface area contributed by atoms with E-state index >= 15 is 0 Å². The van der Waals surface area contributed by atoms with Crippen molar-refractivity contribution in [3.05, 3.63) is 47.1 Å². The predicted octanol–water partition coefficient (Wildman–Crippen LogP) is 5.97. The van der Waals surface area contributed by atoms with Crippen LogP contribution in [0.5, 0.6) is 11.5 Å². The predicted molar refractivity (Wildman–Crippen MR) is 137 cm³/mol. The molecule has 1 unspecified atom stereocenters. The zero-order chi connectivity index (χ0) is 26.5. The van der Waals surface area contributed by atoms with Gasteiger partial charge in [-0.1, -0.05) is 37.1 Å². The third-order valence-electron chi connectivity index (χ3n) is 7.00. The van der Waals surface area contributed by atoms with Gasteiger partial charge < -0.3 is 19.5 Å². The Morgan fingerprint density at radius 1 is 1.28 bits per heavy atom. The number of carbonyl (C=O) groups is 1. The van der Waals surface area contributed by atoms with Crippen LogP contribution in [0.15, 0.2) is 35.9 Å². The van der Waals surface area contributed by atoms with Crippen LogP contribution in [-0.2, 0) is 29.6 Å². The Morgan fingerprint density at radius 3 is 2.58 bits per heavy atom. The number of rotatable bonds is 12. The average molecular weight is 523 g/mol. The number of esters is 1. The first kappa shape index (κ1) is 28.6. The molecule has 1 aromatic carbocycles. The lowest BCUT2D eigenvalue weighted by Crippen LogP contribution is -2.49. The Labute approximate surface area is 213 Å². The van der Waals surface area contributed by atoms with Crippen molar-refractivity contribution < 1.29 is 37.9 Å². The molecule has 1 aromatic rings. The van der Waals surface area contributed by atoms with Crippen LogP contribution in [0, 0.1) is 5.92 Å². The number of aromatic hydroxyl groups is 1. The molecule has 200 valence electrons. The molecule has 1 fully saturated rings. The van der Waals surface area contributed by atoms with Crippen LogP contribution in [-0.4, -0.2) is 41.9 Å². The summed E-state index contributed by atoms with van der Waals surface area (Å²) in [6.07, 6.45) is 6.58. The highest BCUT2D eigenvalue weighted by atomic mass is 31.2. The minimum absolute atomic E-state index is 0.0604. The summed E-state index contributed by atoms with van der Waals surface area (Å²) in [6.45, 7) is 10.2. The van der Waals surface area contributed by atoms with Gasteiger partial charge >= 0.3 is 13.8 Å². The van der Waals surface area contributed by atoms with Crippen molar-refractivity contribution in [2.45, 2.75) is 77.2 Å². The molecule has 0 amide bonds. The summed E-state index contributed by atoms with van der Waals surface area (Å²) < 4.78 is 33.6. The number of benzene rings is 1. The van der Waals surface area contributed by atoms with Crippen LogP contribution in [0.1, 0.15) is 76.3 Å². The van der Waals surface area contributed by atoms with Gasteiger partial charge in [0.2, 0.25) is 0 Å². The Bertz CT molecular complexity index is 1040. The van der Waals surface area contributed by atoms with E-state index in [1.165, 1.54) is 12.7 Å². The first-order chi connectivity index (χ1) is 17.0. The molecule has 8 nitrogen and oxygen atoms in total. The Hall–Kier alpha value is -1.96. The van der Waals surface area contributed by atoms with Crippen molar-refractivity contribution in [2.75, 3.05) is 20.3 Å². The molecule has 0 aliphatic heterocycles. The number of allylic oxidation sites excluding steroid dienone is 3. The van der Waals surface area contributed by atoms with Gasteiger partial charge in [0.25, 0.3) is 0 Å². The largest absolute Gasteiger partial charge is 0.507 e. The normalized spacial score (nSPS) is 22.8. The number of hydrogen-bond acceptors (Lipinski definition) is 7. The van der Waals surface area contributed by atoms with Gasteiger partial charge in [0.1, 0.15) is 11.5 Å². The number of methoxy groups -OCH3 is 1. The lowest BCUT2D eigenvalue weighted by Gasteiger charge is -2.39. The third-order valence-corrected chi connectivity index (χ3v) is 8.09. The fourth-order valence-corrected chi connectivity index (χ4v) is 5.99. The van der Waals surface area contributed by atoms with E-state index in [-0.39, 0.29) is 49.4 Å². The number of phenolic OH excluding ortho intramolecular Hbond substituents is 1. The van der Waals surface area contributed by atoms with E-state index in [4.69, 9.17) is 18.5 Å². The summed E-state index contributed by atoms with van der Waals surface area (Å²) in [5.41, 5.74) is 1.96. The van der Waals surface area contributed by atoms with Crippen molar-refractivity contribution >= 4 is 13.8 Å². The zero-order valence-electron chi connectivity index (χ0n) is 21.7. The van der Waals surface area contributed by atoms with Gasteiger partial charge in [-0.3, -0.25) is 9.05 Å². The second kappa shape index (κ2) is 12.1. The van der Waals surface area contributed by atoms with Gasteiger partial charge in [0, 0.05) is 18.6 Å². The molecule has 0 heterocycles. The summed E-state index contributed by atoms with van der Waals surface area (Å²) in [4.78, 5) is 23.6. The summed E-state index contributed by atoms with van der Waals surface area (Å²) in [5.74, 6) is -0.598. The van der Waals surface area contributed by atoms with Gasteiger partial charge in [-0.25, -0.2) is 9.36 Å². The van der Waals surface area contributed by atoms with Gasteiger partial charge in [-0.15, -0.1) is 0 Å². The van der Waals surface area contributed by atoms with E-state index in [1.807, 2.05) is 13.8 Å². The number of phosphoric ester groups is 1. The minimum atomic E-state index is -4.52. The Morgan fingerprint density at radius 2 is 2.00 bits per heavy atom. The molecular formula is C27H39O8P. The van der Waals surface area contributed by atoms with E-state index in [0.717, 1.165) is 30.4 Å². The van der Waals surface area contributed by atoms with E-state index in [2.05, 4.69) is 19.6 Å². The molecule has 2 N–H and O–H groups in total. The van der Waals surface area contributed by atoms with Crippen LogP contribution in [0.4, 0.5) is 0 Å². The maximum Gasteiger partial charge on any atom is 0.473 e. The monoisotopic (exact) mass is 522 g/mol. The SMILES string of the molecule is C=C(C)[C@@H]1CCC(C)=C[C@H]1c1c(O)cc(CCC)cc1OC(=O)C1(OP(=O)(O)OCCOC)CCC1. The molecule has 3 atom stereocenters. The van der Waals surface area contributed by atoms with Crippen LogP contribution < -0.4 is 4.74 Å². The first-order valence-electron chi connectivity index (χ1n) is 12.6. The van der Waals surface area contributed by atoms with Crippen LogP contribution in [0.3, 0.4) is 0 Å². The van der Waals surface area contributed by atoms with Crippen molar-refractivity contribution in [1.82, 2.24) is 0 Å². The fraction of sp³-hybridized carbons (Fsp3) is 0.593. The van der Waals surface area contributed by atoms with Crippen molar-refractivity contribution in [1.29, 1.82) is 0 Å². The molecule has 0 spiro atoms. The quantitative estimate of drug-likeness (QED) is 0.114. The van der Waals surface area contributed by atoms with E-state index < -0.39 is 19.4 Å². The van der Waals surface area contributed by atoms with Crippen LogP contribution >= 0.6 is 7.82 Å². The van der Waals surface area contributed by atoms with Crippen LogP contribution in [0.2, 0.25) is 0 Å². The van der Waals surface area contributed by atoms with Crippen molar-refractivity contribution in [3.63, 3.8) is 0 Å². The fourth-order valence-electron chi connectivity index (χ4n) is 4.93. The topological polar surface area (TPSA) is 112 Å². The van der Waals surface area contributed by atoms with E-state index in [9.17, 15) is 19.4 Å². The standard InChI is InChI=1S/C27H39O8P/c1-6-8-20-16-23(28)25(22-15-19(4)9-10-21(22)18(2)3)24(17-20)34-26(29)27(11-7-12-27)35-36(30,31)33-14-13-32-5/h15-17,21-22,28H,2,6-14H2,1,3-5H3,(H,30,31)/t21-,22+/m0/s1. The second-order valence-electron chi connectivity index (χ2n) is 9.93. The van der Waals surface area contributed by atoms with Gasteiger partial charge in [0.15, 0.2) is 5.60 Å². The molecule has 1 saturated carbocycles. The lowest BCUT2D eigenvalue weighted by molar-refractivity contribution is -0.163. The van der Waals surface area contributed by atoms with Crippen LogP contribution in [0.25, 0.3) is 0 Å².